The van der Waals surface area contributed by atoms with Gasteiger partial charge in [0.2, 0.25) is 0 Å². The lowest BCUT2D eigenvalue weighted by atomic mass is 9.96. The maximum absolute atomic E-state index is 11.4. The second-order valence-electron chi connectivity index (χ2n) is 5.23. The van der Waals surface area contributed by atoms with Crippen molar-refractivity contribution in [3.05, 3.63) is 28.7 Å². The summed E-state index contributed by atoms with van der Waals surface area (Å²) in [5.41, 5.74) is 8.13. The molecule has 0 spiro atoms. The number of hydrogen-bond acceptors (Lipinski definition) is 4. The highest BCUT2D eigenvalue weighted by Crippen LogP contribution is 2.19. The highest BCUT2D eigenvalue weighted by molar-refractivity contribution is 5.77. The van der Waals surface area contributed by atoms with Crippen molar-refractivity contribution in [3.8, 4) is 0 Å². The van der Waals surface area contributed by atoms with E-state index in [4.69, 9.17) is 10.2 Å². The van der Waals surface area contributed by atoms with Gasteiger partial charge in [-0.3, -0.25) is 4.57 Å². The number of anilines is 1. The van der Waals surface area contributed by atoms with Crippen molar-refractivity contribution in [2.75, 3.05) is 18.4 Å². The largest absolute Gasteiger partial charge is 0.419 e. The first-order valence-electron chi connectivity index (χ1n) is 6.56. The van der Waals surface area contributed by atoms with Gasteiger partial charge in [-0.2, -0.15) is 0 Å². The number of rotatable bonds is 5. The van der Waals surface area contributed by atoms with E-state index in [1.807, 2.05) is 18.2 Å². The van der Waals surface area contributed by atoms with Crippen molar-refractivity contribution in [2.45, 2.75) is 13.8 Å². The predicted molar refractivity (Wildman–Crippen MR) is 77.3 cm³/mol. The lowest BCUT2D eigenvalue weighted by Gasteiger charge is -2.19. The van der Waals surface area contributed by atoms with E-state index in [0.29, 0.717) is 24.0 Å². The summed E-state index contributed by atoms with van der Waals surface area (Å²) in [6.07, 6.45) is 0. The van der Waals surface area contributed by atoms with Crippen LogP contribution in [0.5, 0.6) is 0 Å². The average molecular weight is 263 g/mol. The Kier molecular flexibility index (Phi) is 3.95. The van der Waals surface area contributed by atoms with Crippen LogP contribution < -0.4 is 16.8 Å². The summed E-state index contributed by atoms with van der Waals surface area (Å²) >= 11 is 0. The van der Waals surface area contributed by atoms with Gasteiger partial charge >= 0.3 is 5.76 Å². The van der Waals surface area contributed by atoms with Gasteiger partial charge in [0.1, 0.15) is 0 Å². The molecule has 0 bridgehead atoms. The van der Waals surface area contributed by atoms with Gasteiger partial charge in [-0.1, -0.05) is 13.8 Å². The number of benzene rings is 1. The van der Waals surface area contributed by atoms with Gasteiger partial charge < -0.3 is 15.5 Å². The number of aryl methyl sites for hydroxylation is 1. The van der Waals surface area contributed by atoms with Gasteiger partial charge in [-0.05, 0) is 36.6 Å². The molecule has 5 heteroatoms. The summed E-state index contributed by atoms with van der Waals surface area (Å²) in [7, 11) is 1.70. The average Bonchev–Trinajstić information content (AvgIpc) is 2.66. The molecular formula is C14H21N3O2. The highest BCUT2D eigenvalue weighted by atomic mass is 16.4. The Bertz CT molecular complexity index is 613. The van der Waals surface area contributed by atoms with E-state index in [0.717, 1.165) is 17.7 Å². The number of aromatic nitrogens is 1. The molecular weight excluding hydrogens is 242 g/mol. The fourth-order valence-corrected chi connectivity index (χ4v) is 2.08. The fraction of sp³-hybridized carbons (Fsp3) is 0.500. The third-order valence-corrected chi connectivity index (χ3v) is 3.61. The molecule has 1 atom stereocenters. The van der Waals surface area contributed by atoms with Crippen molar-refractivity contribution in [1.29, 1.82) is 0 Å². The molecule has 1 heterocycles. The molecule has 2 aromatic rings. The zero-order valence-electron chi connectivity index (χ0n) is 11.6. The van der Waals surface area contributed by atoms with E-state index in [1.54, 1.807) is 7.05 Å². The van der Waals surface area contributed by atoms with Crippen LogP contribution in [0.1, 0.15) is 13.8 Å². The first kappa shape index (κ1) is 13.7. The molecule has 5 nitrogen and oxygen atoms in total. The third-order valence-electron chi connectivity index (χ3n) is 3.61. The fourth-order valence-electron chi connectivity index (χ4n) is 2.08. The Balaban J connectivity index is 2.17. The molecule has 19 heavy (non-hydrogen) atoms. The molecule has 1 aromatic carbocycles. The van der Waals surface area contributed by atoms with E-state index < -0.39 is 0 Å². The number of nitrogens with zero attached hydrogens (tertiary/aromatic N) is 1. The topological polar surface area (TPSA) is 73.2 Å². The molecule has 0 saturated heterocycles. The second-order valence-corrected chi connectivity index (χ2v) is 5.23. The minimum absolute atomic E-state index is 0.339. The maximum atomic E-state index is 11.4. The molecule has 0 saturated carbocycles. The molecule has 0 aliphatic rings. The predicted octanol–water partition coefficient (Wildman–Crippen LogP) is 1.77. The molecule has 3 N–H and O–H groups in total. The Morgan fingerprint density at radius 1 is 1.42 bits per heavy atom. The van der Waals surface area contributed by atoms with E-state index in [-0.39, 0.29) is 5.76 Å². The molecule has 0 aliphatic heterocycles. The van der Waals surface area contributed by atoms with Gasteiger partial charge in [-0.25, -0.2) is 4.79 Å². The maximum Gasteiger partial charge on any atom is 0.419 e. The van der Waals surface area contributed by atoms with Crippen molar-refractivity contribution >= 4 is 16.8 Å². The SMILES string of the molecule is CC(C)C(CN)CNc1ccc2oc(=O)n(C)c2c1. The van der Waals surface area contributed by atoms with Crippen LogP contribution in [0.4, 0.5) is 5.69 Å². The number of nitrogens with two attached hydrogens (primary N) is 1. The van der Waals surface area contributed by atoms with Crippen LogP contribution >= 0.6 is 0 Å². The minimum Gasteiger partial charge on any atom is -0.408 e. The summed E-state index contributed by atoms with van der Waals surface area (Å²) in [6.45, 7) is 5.83. The Hall–Kier alpha value is -1.75. The molecule has 1 aromatic heterocycles. The van der Waals surface area contributed by atoms with E-state index in [1.165, 1.54) is 4.57 Å². The van der Waals surface area contributed by atoms with Crippen LogP contribution in [0.25, 0.3) is 11.1 Å². The Labute approximate surface area is 112 Å². The molecule has 2 rings (SSSR count). The van der Waals surface area contributed by atoms with Crippen LogP contribution in [0.2, 0.25) is 0 Å². The van der Waals surface area contributed by atoms with Crippen molar-refractivity contribution < 1.29 is 4.42 Å². The van der Waals surface area contributed by atoms with Crippen molar-refractivity contribution in [3.63, 3.8) is 0 Å². The standard InChI is InChI=1S/C14H21N3O2/c1-9(2)10(7-15)8-16-11-4-5-13-12(6-11)17(3)14(18)19-13/h4-6,9-10,16H,7-8,15H2,1-3H3. The lowest BCUT2D eigenvalue weighted by Crippen LogP contribution is -2.27. The zero-order chi connectivity index (χ0) is 14.0. The molecule has 1 unspecified atom stereocenters. The Morgan fingerprint density at radius 3 is 2.79 bits per heavy atom. The first-order chi connectivity index (χ1) is 9.02. The number of oxazole rings is 1. The minimum atomic E-state index is -0.339. The van der Waals surface area contributed by atoms with Crippen LogP contribution in [0.15, 0.2) is 27.4 Å². The zero-order valence-corrected chi connectivity index (χ0v) is 11.6. The van der Waals surface area contributed by atoms with Gasteiger partial charge in [0, 0.05) is 19.3 Å². The summed E-state index contributed by atoms with van der Waals surface area (Å²) < 4.78 is 6.60. The van der Waals surface area contributed by atoms with Gasteiger partial charge in [0.05, 0.1) is 5.52 Å². The summed E-state index contributed by atoms with van der Waals surface area (Å²) in [5.74, 6) is 0.637. The quantitative estimate of drug-likeness (QED) is 0.862. The van der Waals surface area contributed by atoms with Gasteiger partial charge in [0.25, 0.3) is 0 Å². The van der Waals surface area contributed by atoms with E-state index in [9.17, 15) is 4.79 Å². The molecule has 104 valence electrons. The van der Waals surface area contributed by atoms with Gasteiger partial charge in [-0.15, -0.1) is 0 Å². The van der Waals surface area contributed by atoms with Crippen molar-refractivity contribution in [2.24, 2.45) is 24.6 Å². The summed E-state index contributed by atoms with van der Waals surface area (Å²) in [6, 6.07) is 5.65. The number of nitrogens with one attached hydrogen (secondary N) is 1. The van der Waals surface area contributed by atoms with Crippen LogP contribution in [0.3, 0.4) is 0 Å². The normalized spacial score (nSPS) is 13.1. The lowest BCUT2D eigenvalue weighted by molar-refractivity contribution is 0.413. The van der Waals surface area contributed by atoms with Gasteiger partial charge in [0.15, 0.2) is 5.58 Å². The van der Waals surface area contributed by atoms with Crippen LogP contribution in [-0.4, -0.2) is 17.7 Å². The van der Waals surface area contributed by atoms with Crippen molar-refractivity contribution in [1.82, 2.24) is 4.57 Å². The number of fused-ring (bicyclic) bond motifs is 1. The molecule has 0 fully saturated rings. The molecule has 0 aliphatic carbocycles. The number of hydrogen-bond donors (Lipinski definition) is 2. The second kappa shape index (κ2) is 5.48. The van der Waals surface area contributed by atoms with E-state index >= 15 is 0 Å². The first-order valence-corrected chi connectivity index (χ1v) is 6.56. The van der Waals surface area contributed by atoms with E-state index in [2.05, 4.69) is 19.2 Å². The summed E-state index contributed by atoms with van der Waals surface area (Å²) in [4.78, 5) is 11.4. The highest BCUT2D eigenvalue weighted by Gasteiger charge is 2.11. The smallest absolute Gasteiger partial charge is 0.408 e. The van der Waals surface area contributed by atoms with Crippen LogP contribution in [-0.2, 0) is 7.05 Å². The molecule has 0 amide bonds. The Morgan fingerprint density at radius 2 is 2.16 bits per heavy atom. The van der Waals surface area contributed by atoms with Crippen LogP contribution in [0, 0.1) is 11.8 Å². The summed E-state index contributed by atoms with van der Waals surface area (Å²) in [5, 5.41) is 3.37. The molecule has 0 radical (unpaired) electrons. The monoisotopic (exact) mass is 263 g/mol. The third kappa shape index (κ3) is 2.81.